The molecule has 3 aromatic rings. The molecule has 0 saturated heterocycles. The van der Waals surface area contributed by atoms with Crippen LogP contribution in [-0.2, 0) is 0 Å². The lowest BCUT2D eigenvalue weighted by molar-refractivity contribution is 0.400. The topological polar surface area (TPSA) is 64.1 Å². The van der Waals surface area contributed by atoms with Gasteiger partial charge in [0.25, 0.3) is 0 Å². The number of rotatable bonds is 2. The van der Waals surface area contributed by atoms with Crippen molar-refractivity contribution in [3.05, 3.63) is 34.5 Å². The first-order chi connectivity index (χ1) is 8.61. The minimum Gasteiger partial charge on any atom is -0.423 e. The number of halogens is 1. The second kappa shape index (κ2) is 4.03. The van der Waals surface area contributed by atoms with Crippen molar-refractivity contribution in [1.82, 2.24) is 10.1 Å². The monoisotopic (exact) mass is 263 g/mol. The molecular weight excluding hydrogens is 254 g/mol. The highest BCUT2D eigenvalue weighted by Crippen LogP contribution is 2.26. The van der Waals surface area contributed by atoms with Gasteiger partial charge in [0.05, 0.1) is 0 Å². The Morgan fingerprint density at radius 3 is 2.78 bits per heavy atom. The average Bonchev–Trinajstić information content (AvgIpc) is 2.86. The van der Waals surface area contributed by atoms with E-state index in [1.165, 1.54) is 0 Å². The molecule has 0 atom stereocenters. The van der Waals surface area contributed by atoms with Crippen LogP contribution in [0.25, 0.3) is 11.1 Å². The summed E-state index contributed by atoms with van der Waals surface area (Å²) in [7, 11) is 0. The largest absolute Gasteiger partial charge is 0.423 e. The molecule has 18 heavy (non-hydrogen) atoms. The smallest absolute Gasteiger partial charge is 0.301 e. The van der Waals surface area contributed by atoms with E-state index in [-0.39, 0.29) is 0 Å². The van der Waals surface area contributed by atoms with Gasteiger partial charge < -0.3 is 8.94 Å². The lowest BCUT2D eigenvalue weighted by Crippen LogP contribution is -1.89. The third kappa shape index (κ3) is 1.93. The second-order valence-corrected chi connectivity index (χ2v) is 4.44. The fourth-order valence-electron chi connectivity index (χ4n) is 1.64. The molecule has 0 aliphatic rings. The average molecular weight is 264 g/mol. The Balaban J connectivity index is 1.98. The number of aromatic nitrogens is 2. The second-order valence-electron chi connectivity index (χ2n) is 4.04. The highest BCUT2D eigenvalue weighted by Gasteiger charge is 2.09. The Kier molecular flexibility index (Phi) is 2.48. The lowest BCUT2D eigenvalue weighted by Gasteiger charge is -1.94. The Labute approximate surface area is 108 Å². The predicted molar refractivity (Wildman–Crippen MR) is 68.3 cm³/mol. The molecule has 0 aliphatic heterocycles. The number of fused-ring (bicyclic) bond motifs is 1. The molecule has 0 spiro atoms. The van der Waals surface area contributed by atoms with Gasteiger partial charge >= 0.3 is 6.01 Å². The molecular formula is C12H10ClN3O2. The van der Waals surface area contributed by atoms with Crippen LogP contribution in [0.4, 0.5) is 11.8 Å². The van der Waals surface area contributed by atoms with Gasteiger partial charge in [-0.2, -0.15) is 4.98 Å². The zero-order chi connectivity index (χ0) is 12.7. The Bertz CT molecular complexity index is 678. The minimum atomic E-state index is 0.361. The standard InChI is InChI=1S/C12H10ClN3O2/c1-6-3-9-10(5-8(6)13)17-12(14-9)15-11-4-7(2)18-16-11/h3-5H,1-2H3,(H,14,15,16). The highest BCUT2D eigenvalue weighted by molar-refractivity contribution is 6.32. The van der Waals surface area contributed by atoms with Gasteiger partial charge in [-0.1, -0.05) is 16.8 Å². The van der Waals surface area contributed by atoms with Crippen molar-refractivity contribution in [1.29, 1.82) is 0 Å². The maximum absolute atomic E-state index is 6.02. The first-order valence-corrected chi connectivity index (χ1v) is 5.76. The van der Waals surface area contributed by atoms with E-state index in [2.05, 4.69) is 15.5 Å². The zero-order valence-electron chi connectivity index (χ0n) is 9.82. The number of oxazole rings is 1. The molecule has 0 saturated carbocycles. The van der Waals surface area contributed by atoms with Crippen LogP contribution in [0.2, 0.25) is 5.02 Å². The van der Waals surface area contributed by atoms with Crippen LogP contribution in [0, 0.1) is 13.8 Å². The molecule has 3 rings (SSSR count). The van der Waals surface area contributed by atoms with E-state index in [0.717, 1.165) is 11.1 Å². The molecule has 92 valence electrons. The number of benzene rings is 1. The molecule has 0 bridgehead atoms. The summed E-state index contributed by atoms with van der Waals surface area (Å²) in [5, 5.41) is 7.39. The summed E-state index contributed by atoms with van der Waals surface area (Å²) in [6.07, 6.45) is 0. The molecule has 0 fully saturated rings. The van der Waals surface area contributed by atoms with Gasteiger partial charge in [-0.25, -0.2) is 0 Å². The molecule has 0 radical (unpaired) electrons. The number of nitrogens with zero attached hydrogens (tertiary/aromatic N) is 2. The van der Waals surface area contributed by atoms with Crippen LogP contribution >= 0.6 is 11.6 Å². The van der Waals surface area contributed by atoms with E-state index in [1.807, 2.05) is 19.9 Å². The van der Waals surface area contributed by atoms with Crippen molar-refractivity contribution in [3.63, 3.8) is 0 Å². The SMILES string of the molecule is Cc1cc(Nc2nc3cc(C)c(Cl)cc3o2)no1. The van der Waals surface area contributed by atoms with Gasteiger partial charge in [0.1, 0.15) is 11.3 Å². The number of aryl methyl sites for hydroxylation is 2. The van der Waals surface area contributed by atoms with Crippen molar-refractivity contribution < 1.29 is 8.94 Å². The first kappa shape index (κ1) is 11.1. The molecule has 1 N–H and O–H groups in total. The van der Waals surface area contributed by atoms with Crippen molar-refractivity contribution in [2.75, 3.05) is 5.32 Å². The molecule has 0 unspecified atom stereocenters. The summed E-state index contributed by atoms with van der Waals surface area (Å²) in [5.41, 5.74) is 2.34. The van der Waals surface area contributed by atoms with E-state index >= 15 is 0 Å². The number of nitrogens with one attached hydrogen (secondary N) is 1. The van der Waals surface area contributed by atoms with E-state index in [9.17, 15) is 0 Å². The highest BCUT2D eigenvalue weighted by atomic mass is 35.5. The number of hydrogen-bond acceptors (Lipinski definition) is 5. The Morgan fingerprint density at radius 2 is 2.06 bits per heavy atom. The van der Waals surface area contributed by atoms with Gasteiger partial charge in [0.2, 0.25) is 0 Å². The van der Waals surface area contributed by atoms with Crippen LogP contribution in [-0.4, -0.2) is 10.1 Å². The van der Waals surface area contributed by atoms with Crippen LogP contribution in [0.15, 0.2) is 27.1 Å². The summed E-state index contributed by atoms with van der Waals surface area (Å²) >= 11 is 6.02. The van der Waals surface area contributed by atoms with E-state index < -0.39 is 0 Å². The van der Waals surface area contributed by atoms with Gasteiger partial charge in [0, 0.05) is 17.2 Å². The van der Waals surface area contributed by atoms with Gasteiger partial charge in [0.15, 0.2) is 11.4 Å². The van der Waals surface area contributed by atoms with Gasteiger partial charge in [-0.15, -0.1) is 0 Å². The fraction of sp³-hybridized carbons (Fsp3) is 0.167. The van der Waals surface area contributed by atoms with Crippen LogP contribution < -0.4 is 5.32 Å². The maximum Gasteiger partial charge on any atom is 0.301 e. The number of hydrogen-bond donors (Lipinski definition) is 1. The van der Waals surface area contributed by atoms with Crippen molar-refractivity contribution in [2.45, 2.75) is 13.8 Å². The summed E-state index contributed by atoms with van der Waals surface area (Å²) in [6.45, 7) is 3.73. The van der Waals surface area contributed by atoms with Crippen LogP contribution in [0.5, 0.6) is 0 Å². The third-order valence-corrected chi connectivity index (χ3v) is 2.94. The minimum absolute atomic E-state index is 0.361. The molecule has 6 heteroatoms. The van der Waals surface area contributed by atoms with E-state index in [4.69, 9.17) is 20.5 Å². The van der Waals surface area contributed by atoms with Gasteiger partial charge in [-0.3, -0.25) is 5.32 Å². The van der Waals surface area contributed by atoms with Gasteiger partial charge in [-0.05, 0) is 25.5 Å². The molecule has 5 nitrogen and oxygen atoms in total. The molecule has 2 aromatic heterocycles. The van der Waals surface area contributed by atoms with Crippen molar-refractivity contribution in [2.24, 2.45) is 0 Å². The van der Waals surface area contributed by atoms with Crippen molar-refractivity contribution in [3.8, 4) is 0 Å². The summed E-state index contributed by atoms with van der Waals surface area (Å²) in [4.78, 5) is 4.30. The fourth-order valence-corrected chi connectivity index (χ4v) is 1.80. The summed E-state index contributed by atoms with van der Waals surface area (Å²) < 4.78 is 10.5. The van der Waals surface area contributed by atoms with Crippen LogP contribution in [0.1, 0.15) is 11.3 Å². The molecule has 2 heterocycles. The summed E-state index contributed by atoms with van der Waals surface area (Å²) in [5.74, 6) is 1.27. The lowest BCUT2D eigenvalue weighted by atomic mass is 10.2. The van der Waals surface area contributed by atoms with Crippen molar-refractivity contribution >= 4 is 34.5 Å². The molecule has 1 aromatic carbocycles. The molecule has 0 aliphatic carbocycles. The van der Waals surface area contributed by atoms with E-state index in [1.54, 1.807) is 12.1 Å². The first-order valence-electron chi connectivity index (χ1n) is 5.39. The Hall–Kier alpha value is -2.01. The Morgan fingerprint density at radius 1 is 1.22 bits per heavy atom. The van der Waals surface area contributed by atoms with Crippen LogP contribution in [0.3, 0.4) is 0 Å². The number of anilines is 2. The quantitative estimate of drug-likeness (QED) is 0.761. The zero-order valence-corrected chi connectivity index (χ0v) is 10.6. The normalized spacial score (nSPS) is 11.1. The third-order valence-electron chi connectivity index (χ3n) is 2.53. The van der Waals surface area contributed by atoms with E-state index in [0.29, 0.717) is 28.2 Å². The molecule has 0 amide bonds. The maximum atomic E-state index is 6.02. The summed E-state index contributed by atoms with van der Waals surface area (Å²) in [6, 6.07) is 5.74. The predicted octanol–water partition coefficient (Wildman–Crippen LogP) is 3.83.